The molecule has 0 spiro atoms. The standard InChI is InChI=1S/C75H64N2/c1-71(2)63-25-17-13-21-53(63)59-39-45(31-37-65(59)71)76(47-27-33-55-51-19-11-15-23-61(51)73(5,6)67(55)41-47)49-29-35-57-58-36-30-50(44-70(58)75(9,10)69(57)43-49)77(46-32-38-66-60(40-46)54-22-14-18-26-64(54)72(66,3)4)48-28-34-56-52-20-12-16-24-62(52)74(7,8)68(56)42-48/h11-44H,1-10H3. The van der Waals surface area contributed by atoms with E-state index in [1.165, 1.54) is 123 Å². The van der Waals surface area contributed by atoms with E-state index in [4.69, 9.17) is 0 Å². The van der Waals surface area contributed by atoms with Gasteiger partial charge in [0, 0.05) is 61.2 Å². The second-order valence-corrected chi connectivity index (χ2v) is 25.4. The Balaban J connectivity index is 0.878. The molecule has 77 heavy (non-hydrogen) atoms. The van der Waals surface area contributed by atoms with Gasteiger partial charge in [-0.2, -0.15) is 0 Å². The first-order valence-electron chi connectivity index (χ1n) is 27.8. The third kappa shape index (κ3) is 6.19. The van der Waals surface area contributed by atoms with Gasteiger partial charge in [0.2, 0.25) is 0 Å². The molecule has 374 valence electrons. The molecular weight excluding hydrogens is 929 g/mol. The maximum absolute atomic E-state index is 2.53. The monoisotopic (exact) mass is 993 g/mol. The van der Waals surface area contributed by atoms with E-state index in [1.54, 1.807) is 0 Å². The summed E-state index contributed by atoms with van der Waals surface area (Å²) in [5.41, 5.74) is 33.2. The average Bonchev–Trinajstić information content (AvgIpc) is 4.08. The fourth-order valence-corrected chi connectivity index (χ4v) is 15.2. The Hall–Kier alpha value is -8.20. The molecule has 15 rings (SSSR count). The van der Waals surface area contributed by atoms with Crippen LogP contribution in [0.5, 0.6) is 0 Å². The molecule has 0 bridgehead atoms. The van der Waals surface area contributed by atoms with Crippen molar-refractivity contribution < 1.29 is 0 Å². The summed E-state index contributed by atoms with van der Waals surface area (Å²) >= 11 is 0. The van der Waals surface area contributed by atoms with Crippen molar-refractivity contribution >= 4 is 34.1 Å². The molecule has 0 heterocycles. The highest BCUT2D eigenvalue weighted by Gasteiger charge is 2.42. The maximum Gasteiger partial charge on any atom is 0.0468 e. The highest BCUT2D eigenvalue weighted by molar-refractivity contribution is 5.94. The number of fused-ring (bicyclic) bond motifs is 15. The summed E-state index contributed by atoms with van der Waals surface area (Å²) in [5, 5.41) is 0. The Morgan fingerprint density at radius 1 is 0.182 bits per heavy atom. The van der Waals surface area contributed by atoms with E-state index in [-0.39, 0.29) is 27.1 Å². The first kappa shape index (κ1) is 46.1. The van der Waals surface area contributed by atoms with Crippen LogP contribution in [0.1, 0.15) is 125 Å². The Morgan fingerprint density at radius 2 is 0.377 bits per heavy atom. The van der Waals surface area contributed by atoms with Crippen LogP contribution in [0, 0.1) is 0 Å². The molecule has 5 aliphatic rings. The lowest BCUT2D eigenvalue weighted by atomic mass is 9.81. The summed E-state index contributed by atoms with van der Waals surface area (Å²) in [4.78, 5) is 5.06. The van der Waals surface area contributed by atoms with Crippen LogP contribution in [-0.4, -0.2) is 0 Å². The minimum Gasteiger partial charge on any atom is -0.310 e. The second-order valence-electron chi connectivity index (χ2n) is 25.4. The molecule has 0 aliphatic heterocycles. The molecule has 10 aromatic carbocycles. The summed E-state index contributed by atoms with van der Waals surface area (Å²) in [6.07, 6.45) is 0. The van der Waals surface area contributed by atoms with Crippen LogP contribution in [0.3, 0.4) is 0 Å². The average molecular weight is 993 g/mol. The van der Waals surface area contributed by atoms with Crippen molar-refractivity contribution in [3.05, 3.63) is 262 Å². The maximum atomic E-state index is 2.53. The quantitative estimate of drug-likeness (QED) is 0.164. The molecular formula is C75H64N2. The van der Waals surface area contributed by atoms with Crippen LogP contribution in [0.2, 0.25) is 0 Å². The SMILES string of the molecule is CC1(C)c2ccccc2-c2cc(N(c3ccc4c(c3)C(C)(C)c3ccccc3-4)c3ccc4c(c3)C(C)(C)c3cc(N(c5ccc6c(c5)-c5ccccc5C6(C)C)c5ccc6c(c5)C(C)(C)c5ccccc5-6)ccc3-4)ccc21. The van der Waals surface area contributed by atoms with Gasteiger partial charge >= 0.3 is 0 Å². The molecule has 0 unspecified atom stereocenters. The van der Waals surface area contributed by atoms with Crippen molar-refractivity contribution in [2.45, 2.75) is 96.3 Å². The van der Waals surface area contributed by atoms with Crippen LogP contribution in [0.15, 0.2) is 206 Å². The first-order chi connectivity index (χ1) is 37.0. The molecule has 2 nitrogen and oxygen atoms in total. The number of rotatable bonds is 6. The lowest BCUT2D eigenvalue weighted by Gasteiger charge is -2.31. The third-order valence-electron chi connectivity index (χ3n) is 19.5. The fraction of sp³-hybridized carbons (Fsp3) is 0.200. The molecule has 0 aromatic heterocycles. The molecule has 0 atom stereocenters. The third-order valence-corrected chi connectivity index (χ3v) is 19.5. The van der Waals surface area contributed by atoms with Gasteiger partial charge in [-0.05, 0) is 184 Å². The van der Waals surface area contributed by atoms with Crippen molar-refractivity contribution in [1.29, 1.82) is 0 Å². The zero-order valence-electron chi connectivity index (χ0n) is 46.0. The minimum absolute atomic E-state index is 0.0810. The van der Waals surface area contributed by atoms with Gasteiger partial charge in [-0.1, -0.05) is 203 Å². The Morgan fingerprint density at radius 3 is 0.675 bits per heavy atom. The van der Waals surface area contributed by atoms with Crippen LogP contribution in [0.4, 0.5) is 34.1 Å². The number of nitrogens with zero attached hydrogens (tertiary/aromatic N) is 2. The molecule has 0 saturated carbocycles. The minimum atomic E-state index is -0.307. The molecule has 2 heteroatoms. The van der Waals surface area contributed by atoms with Gasteiger partial charge in [0.05, 0.1) is 0 Å². The van der Waals surface area contributed by atoms with Gasteiger partial charge in [0.1, 0.15) is 0 Å². The molecule has 0 amide bonds. The lowest BCUT2D eigenvalue weighted by molar-refractivity contribution is 0.659. The Bertz CT molecular complexity index is 3940. The van der Waals surface area contributed by atoms with Crippen molar-refractivity contribution in [1.82, 2.24) is 0 Å². The summed E-state index contributed by atoms with van der Waals surface area (Å²) in [7, 11) is 0. The first-order valence-corrected chi connectivity index (χ1v) is 27.8. The van der Waals surface area contributed by atoms with Crippen LogP contribution < -0.4 is 9.80 Å². The van der Waals surface area contributed by atoms with Gasteiger partial charge in [-0.15, -0.1) is 0 Å². The van der Waals surface area contributed by atoms with E-state index in [2.05, 4.69) is 285 Å². The molecule has 0 radical (unpaired) electrons. The van der Waals surface area contributed by atoms with Crippen LogP contribution >= 0.6 is 0 Å². The van der Waals surface area contributed by atoms with E-state index >= 15 is 0 Å². The van der Waals surface area contributed by atoms with Crippen LogP contribution in [-0.2, 0) is 27.1 Å². The smallest absolute Gasteiger partial charge is 0.0468 e. The van der Waals surface area contributed by atoms with Gasteiger partial charge in [0.25, 0.3) is 0 Å². The molecule has 10 aromatic rings. The van der Waals surface area contributed by atoms with E-state index in [0.717, 1.165) is 22.7 Å². The summed E-state index contributed by atoms with van der Waals surface area (Å²) in [6.45, 7) is 23.9. The summed E-state index contributed by atoms with van der Waals surface area (Å²) in [5.74, 6) is 0. The number of anilines is 6. The van der Waals surface area contributed by atoms with E-state index in [9.17, 15) is 0 Å². The van der Waals surface area contributed by atoms with Gasteiger partial charge in [0.15, 0.2) is 0 Å². The topological polar surface area (TPSA) is 6.48 Å². The highest BCUT2D eigenvalue weighted by Crippen LogP contribution is 2.58. The van der Waals surface area contributed by atoms with E-state index < -0.39 is 0 Å². The molecule has 0 N–H and O–H groups in total. The van der Waals surface area contributed by atoms with Gasteiger partial charge in [-0.25, -0.2) is 0 Å². The normalized spacial score (nSPS) is 16.7. The molecule has 5 aliphatic carbocycles. The predicted octanol–water partition coefficient (Wildman–Crippen LogP) is 20.2. The highest BCUT2D eigenvalue weighted by atomic mass is 15.1. The van der Waals surface area contributed by atoms with E-state index in [1.807, 2.05) is 0 Å². The van der Waals surface area contributed by atoms with Crippen molar-refractivity contribution in [3.8, 4) is 55.6 Å². The largest absolute Gasteiger partial charge is 0.310 e. The van der Waals surface area contributed by atoms with E-state index in [0.29, 0.717) is 0 Å². The molecule has 0 fully saturated rings. The molecule has 0 saturated heterocycles. The number of hydrogen-bond donors (Lipinski definition) is 0. The predicted molar refractivity (Wildman–Crippen MR) is 324 cm³/mol. The van der Waals surface area contributed by atoms with Gasteiger partial charge in [-0.3, -0.25) is 0 Å². The summed E-state index contributed by atoms with van der Waals surface area (Å²) in [6, 6.07) is 79.4. The number of benzene rings is 10. The van der Waals surface area contributed by atoms with Crippen molar-refractivity contribution in [2.75, 3.05) is 9.80 Å². The number of hydrogen-bond acceptors (Lipinski definition) is 2. The van der Waals surface area contributed by atoms with Gasteiger partial charge < -0.3 is 9.80 Å². The fourth-order valence-electron chi connectivity index (χ4n) is 15.2. The van der Waals surface area contributed by atoms with Crippen molar-refractivity contribution in [3.63, 3.8) is 0 Å². The Labute approximate surface area is 455 Å². The summed E-state index contributed by atoms with van der Waals surface area (Å²) < 4.78 is 0. The second kappa shape index (κ2) is 15.5. The van der Waals surface area contributed by atoms with Crippen molar-refractivity contribution in [2.24, 2.45) is 0 Å². The zero-order chi connectivity index (χ0) is 52.7. The Kier molecular flexibility index (Phi) is 9.27. The van der Waals surface area contributed by atoms with Crippen LogP contribution in [0.25, 0.3) is 55.6 Å². The lowest BCUT2D eigenvalue weighted by Crippen LogP contribution is -2.19. The zero-order valence-corrected chi connectivity index (χ0v) is 46.0.